The summed E-state index contributed by atoms with van der Waals surface area (Å²) in [5, 5.41) is 4.84. The average molecular weight is 371 g/mol. The van der Waals surface area contributed by atoms with Gasteiger partial charge in [0.1, 0.15) is 5.01 Å². The number of hydrogen-bond donors (Lipinski definition) is 1. The molecule has 2 heterocycles. The Morgan fingerprint density at radius 1 is 1.45 bits per heavy atom. The van der Waals surface area contributed by atoms with E-state index in [1.165, 1.54) is 55.5 Å². The van der Waals surface area contributed by atoms with Gasteiger partial charge in [-0.05, 0) is 61.1 Å². The molecule has 0 amide bonds. The van der Waals surface area contributed by atoms with Crippen molar-refractivity contribution in [2.24, 2.45) is 0 Å². The van der Waals surface area contributed by atoms with Crippen LogP contribution in [0.3, 0.4) is 0 Å². The first-order chi connectivity index (χ1) is 9.69. The zero-order valence-corrected chi connectivity index (χ0v) is 15.1. The monoisotopic (exact) mass is 370 g/mol. The highest BCUT2D eigenvalue weighted by atomic mass is 79.9. The van der Waals surface area contributed by atoms with Crippen LogP contribution in [0, 0.1) is 6.92 Å². The Morgan fingerprint density at radius 3 is 3.00 bits per heavy atom. The van der Waals surface area contributed by atoms with Crippen molar-refractivity contribution in [3.05, 3.63) is 26.0 Å². The second kappa shape index (κ2) is 6.26. The van der Waals surface area contributed by atoms with Crippen LogP contribution in [-0.4, -0.2) is 11.5 Å². The Balaban J connectivity index is 1.90. The van der Waals surface area contributed by atoms with Crippen LogP contribution in [-0.2, 0) is 6.42 Å². The van der Waals surface area contributed by atoms with Gasteiger partial charge in [-0.3, -0.25) is 0 Å². The predicted octanol–water partition coefficient (Wildman–Crippen LogP) is 5.32. The molecule has 2 nitrogen and oxygen atoms in total. The summed E-state index contributed by atoms with van der Waals surface area (Å²) >= 11 is 7.32. The predicted molar refractivity (Wildman–Crippen MR) is 91.8 cm³/mol. The number of thiophene rings is 1. The van der Waals surface area contributed by atoms with E-state index in [1.807, 2.05) is 22.7 Å². The zero-order chi connectivity index (χ0) is 14.1. The van der Waals surface area contributed by atoms with Crippen LogP contribution in [0.5, 0.6) is 0 Å². The number of aryl methyl sites for hydroxylation is 2. The van der Waals surface area contributed by atoms with Gasteiger partial charge in [-0.25, -0.2) is 4.98 Å². The minimum absolute atomic E-state index is 0.466. The fourth-order valence-corrected chi connectivity index (χ4v) is 5.35. The van der Waals surface area contributed by atoms with Crippen molar-refractivity contribution in [2.45, 2.75) is 45.6 Å². The fraction of sp³-hybridized carbons (Fsp3) is 0.533. The molecule has 1 atom stereocenters. The Kier molecular flexibility index (Phi) is 4.60. The lowest BCUT2D eigenvalue weighted by Crippen LogP contribution is -2.25. The number of fused-ring (bicyclic) bond motifs is 1. The van der Waals surface area contributed by atoms with Crippen LogP contribution in [0.2, 0.25) is 0 Å². The number of rotatable bonds is 4. The third-order valence-corrected chi connectivity index (χ3v) is 7.10. The van der Waals surface area contributed by atoms with E-state index in [9.17, 15) is 0 Å². The number of hydrogen-bond acceptors (Lipinski definition) is 4. The summed E-state index contributed by atoms with van der Waals surface area (Å²) in [6, 6.07) is 2.67. The van der Waals surface area contributed by atoms with Crippen LogP contribution in [0.4, 0.5) is 0 Å². The highest BCUT2D eigenvalue weighted by Gasteiger charge is 2.25. The topological polar surface area (TPSA) is 24.9 Å². The van der Waals surface area contributed by atoms with Crippen LogP contribution in [0.15, 0.2) is 10.5 Å². The van der Waals surface area contributed by atoms with E-state index in [0.29, 0.717) is 6.04 Å². The molecule has 2 aromatic rings. The Hall–Kier alpha value is -0.230. The Labute approximate surface area is 136 Å². The van der Waals surface area contributed by atoms with Gasteiger partial charge in [0.05, 0.1) is 16.6 Å². The molecule has 3 rings (SSSR count). The number of halogens is 1. The van der Waals surface area contributed by atoms with E-state index in [-0.39, 0.29) is 0 Å². The first-order valence-corrected chi connectivity index (χ1v) is 9.61. The molecular weight excluding hydrogens is 352 g/mol. The molecule has 1 aliphatic rings. The SMILES string of the molecule is CCCNC1CCCc2sc(-c3cc(Br)c(C)s3)nc21. The minimum Gasteiger partial charge on any atom is -0.309 e. The van der Waals surface area contributed by atoms with Crippen LogP contribution in [0.1, 0.15) is 47.7 Å². The van der Waals surface area contributed by atoms with Crippen molar-refractivity contribution in [3.8, 4) is 9.88 Å². The van der Waals surface area contributed by atoms with Crippen LogP contribution < -0.4 is 5.32 Å². The molecular formula is C15H19BrN2S2. The van der Waals surface area contributed by atoms with Gasteiger partial charge in [0.15, 0.2) is 0 Å². The van der Waals surface area contributed by atoms with Gasteiger partial charge in [0.25, 0.3) is 0 Å². The third-order valence-electron chi connectivity index (χ3n) is 3.66. The molecule has 0 spiro atoms. The van der Waals surface area contributed by atoms with Crippen molar-refractivity contribution >= 4 is 38.6 Å². The van der Waals surface area contributed by atoms with Crippen molar-refractivity contribution in [2.75, 3.05) is 6.54 Å². The normalized spacial score (nSPS) is 18.2. The van der Waals surface area contributed by atoms with Gasteiger partial charge < -0.3 is 5.32 Å². The molecule has 0 fully saturated rings. The Bertz CT molecular complexity index is 584. The summed E-state index contributed by atoms with van der Waals surface area (Å²) in [7, 11) is 0. The van der Waals surface area contributed by atoms with Crippen molar-refractivity contribution in [3.63, 3.8) is 0 Å². The summed E-state index contributed by atoms with van der Waals surface area (Å²) in [6.45, 7) is 5.45. The number of thiazole rings is 1. The average Bonchev–Trinajstić information content (AvgIpc) is 3.01. The van der Waals surface area contributed by atoms with Crippen molar-refractivity contribution in [1.29, 1.82) is 0 Å². The lowest BCUT2D eigenvalue weighted by atomic mass is 9.97. The quantitative estimate of drug-likeness (QED) is 0.787. The molecule has 5 heteroatoms. The van der Waals surface area contributed by atoms with Gasteiger partial charge in [-0.15, -0.1) is 22.7 Å². The summed E-state index contributed by atoms with van der Waals surface area (Å²) in [6.07, 6.45) is 4.88. The van der Waals surface area contributed by atoms with E-state index < -0.39 is 0 Å². The maximum atomic E-state index is 4.96. The second-order valence-corrected chi connectivity index (χ2v) is 8.44. The highest BCUT2D eigenvalue weighted by molar-refractivity contribution is 9.10. The summed E-state index contributed by atoms with van der Waals surface area (Å²) in [5.41, 5.74) is 1.31. The van der Waals surface area contributed by atoms with Gasteiger partial charge in [0, 0.05) is 14.2 Å². The lowest BCUT2D eigenvalue weighted by molar-refractivity contribution is 0.454. The molecule has 0 bridgehead atoms. The molecule has 0 radical (unpaired) electrons. The summed E-state index contributed by atoms with van der Waals surface area (Å²) < 4.78 is 1.20. The van der Waals surface area contributed by atoms with E-state index in [0.717, 1.165) is 6.54 Å². The first-order valence-electron chi connectivity index (χ1n) is 7.18. The van der Waals surface area contributed by atoms with E-state index in [2.05, 4.69) is 41.2 Å². The number of nitrogens with zero attached hydrogens (tertiary/aromatic N) is 1. The standard InChI is InChI=1S/C15H19BrN2S2/c1-3-7-17-11-5-4-6-12-14(11)18-15(20-12)13-8-10(16)9(2)19-13/h8,11,17H,3-7H2,1-2H3. The maximum absolute atomic E-state index is 4.96. The Morgan fingerprint density at radius 2 is 2.30 bits per heavy atom. The van der Waals surface area contributed by atoms with E-state index in [1.54, 1.807) is 0 Å². The van der Waals surface area contributed by atoms with Gasteiger partial charge in [-0.1, -0.05) is 6.92 Å². The maximum Gasteiger partial charge on any atom is 0.134 e. The minimum atomic E-state index is 0.466. The molecule has 0 aromatic carbocycles. The summed E-state index contributed by atoms with van der Waals surface area (Å²) in [5.74, 6) is 0. The summed E-state index contributed by atoms with van der Waals surface area (Å²) in [4.78, 5) is 9.07. The molecule has 20 heavy (non-hydrogen) atoms. The lowest BCUT2D eigenvalue weighted by Gasteiger charge is -2.22. The first kappa shape index (κ1) is 14.7. The van der Waals surface area contributed by atoms with E-state index >= 15 is 0 Å². The van der Waals surface area contributed by atoms with Gasteiger partial charge in [-0.2, -0.15) is 0 Å². The number of aromatic nitrogens is 1. The molecule has 1 unspecified atom stereocenters. The van der Waals surface area contributed by atoms with E-state index in [4.69, 9.17) is 4.98 Å². The molecule has 2 aromatic heterocycles. The van der Waals surface area contributed by atoms with Crippen LogP contribution >= 0.6 is 38.6 Å². The van der Waals surface area contributed by atoms with Crippen molar-refractivity contribution in [1.82, 2.24) is 10.3 Å². The van der Waals surface area contributed by atoms with Crippen molar-refractivity contribution < 1.29 is 0 Å². The van der Waals surface area contributed by atoms with Gasteiger partial charge in [0.2, 0.25) is 0 Å². The molecule has 1 aliphatic carbocycles. The van der Waals surface area contributed by atoms with Crippen LogP contribution in [0.25, 0.3) is 9.88 Å². The largest absolute Gasteiger partial charge is 0.309 e. The molecule has 1 N–H and O–H groups in total. The van der Waals surface area contributed by atoms with Gasteiger partial charge >= 0.3 is 0 Å². The smallest absolute Gasteiger partial charge is 0.134 e. The molecule has 0 saturated carbocycles. The third kappa shape index (κ3) is 2.86. The number of nitrogens with one attached hydrogen (secondary N) is 1. The second-order valence-electron chi connectivity index (χ2n) is 5.24. The molecule has 108 valence electrons. The molecule has 0 aliphatic heterocycles. The molecule has 0 saturated heterocycles. The zero-order valence-electron chi connectivity index (χ0n) is 11.8. The fourth-order valence-electron chi connectivity index (χ4n) is 2.61. The highest BCUT2D eigenvalue weighted by Crippen LogP contribution is 2.41.